The van der Waals surface area contributed by atoms with Crippen molar-refractivity contribution in [1.82, 2.24) is 4.90 Å². The highest BCUT2D eigenvalue weighted by Gasteiger charge is 2.23. The van der Waals surface area contributed by atoms with Crippen molar-refractivity contribution < 1.29 is 18.1 Å². The van der Waals surface area contributed by atoms with Gasteiger partial charge in [-0.1, -0.05) is 18.2 Å². The topological polar surface area (TPSA) is 113 Å². The Kier molecular flexibility index (Phi) is 6.27. The molecule has 170 valence electrons. The van der Waals surface area contributed by atoms with Crippen molar-refractivity contribution in [3.8, 4) is 0 Å². The van der Waals surface area contributed by atoms with Crippen LogP contribution in [0, 0.1) is 10.1 Å². The Morgan fingerprint density at radius 1 is 0.848 bits per heavy atom. The van der Waals surface area contributed by atoms with Crippen molar-refractivity contribution in [2.75, 3.05) is 35.8 Å². The Hall–Kier alpha value is -3.92. The molecule has 0 spiro atoms. The van der Waals surface area contributed by atoms with E-state index in [4.69, 9.17) is 0 Å². The molecule has 3 aromatic carbocycles. The van der Waals surface area contributed by atoms with Gasteiger partial charge < -0.3 is 9.80 Å². The fourth-order valence-electron chi connectivity index (χ4n) is 3.63. The van der Waals surface area contributed by atoms with Crippen LogP contribution in [0.25, 0.3) is 0 Å². The first-order valence-corrected chi connectivity index (χ1v) is 11.8. The Balaban J connectivity index is 1.37. The van der Waals surface area contributed by atoms with Crippen molar-refractivity contribution in [3.63, 3.8) is 0 Å². The van der Waals surface area contributed by atoms with Gasteiger partial charge in [0.15, 0.2) is 0 Å². The van der Waals surface area contributed by atoms with Gasteiger partial charge in [0.1, 0.15) is 0 Å². The summed E-state index contributed by atoms with van der Waals surface area (Å²) in [7, 11) is -3.75. The molecule has 9 nitrogen and oxygen atoms in total. The minimum Gasteiger partial charge on any atom is -0.368 e. The summed E-state index contributed by atoms with van der Waals surface area (Å²) in [6.07, 6.45) is 0. The zero-order chi connectivity index (χ0) is 23.4. The predicted molar refractivity (Wildman–Crippen MR) is 125 cm³/mol. The number of anilines is 2. The number of amides is 1. The number of nitrogens with one attached hydrogen (secondary N) is 1. The highest BCUT2D eigenvalue weighted by atomic mass is 32.2. The van der Waals surface area contributed by atoms with Crippen molar-refractivity contribution in [1.29, 1.82) is 0 Å². The molecule has 3 aromatic rings. The number of benzene rings is 3. The number of carbonyl (C=O) groups is 1. The SMILES string of the molecule is O=C(c1ccc(S(=O)(=O)Nc2ccccc2)cc1)N1CCN(c2ccc([N+](=O)[O-])cc2)CC1. The van der Waals surface area contributed by atoms with Crippen LogP contribution in [0.5, 0.6) is 0 Å². The summed E-state index contributed by atoms with van der Waals surface area (Å²) in [5.41, 5.74) is 1.78. The van der Waals surface area contributed by atoms with Crippen molar-refractivity contribution in [2.45, 2.75) is 4.90 Å². The van der Waals surface area contributed by atoms with Crippen molar-refractivity contribution >= 4 is 33.0 Å². The number of para-hydroxylation sites is 1. The van der Waals surface area contributed by atoms with E-state index in [0.717, 1.165) is 5.69 Å². The van der Waals surface area contributed by atoms with E-state index in [-0.39, 0.29) is 16.5 Å². The molecular formula is C23H22N4O5S. The molecule has 0 aromatic heterocycles. The molecule has 1 aliphatic heterocycles. The maximum absolute atomic E-state index is 12.9. The minimum absolute atomic E-state index is 0.0389. The molecule has 1 fully saturated rings. The molecular weight excluding hydrogens is 444 g/mol. The molecule has 1 N–H and O–H groups in total. The van der Waals surface area contributed by atoms with Gasteiger partial charge in [0, 0.05) is 55.2 Å². The van der Waals surface area contributed by atoms with E-state index in [2.05, 4.69) is 9.62 Å². The molecule has 0 unspecified atom stereocenters. The van der Waals surface area contributed by atoms with Crippen LogP contribution >= 0.6 is 0 Å². The van der Waals surface area contributed by atoms with Crippen LogP contribution < -0.4 is 9.62 Å². The molecule has 4 rings (SSSR count). The largest absolute Gasteiger partial charge is 0.368 e. The van der Waals surface area contributed by atoms with Gasteiger partial charge in [0.25, 0.3) is 21.6 Å². The zero-order valence-electron chi connectivity index (χ0n) is 17.6. The lowest BCUT2D eigenvalue weighted by Crippen LogP contribution is -2.48. The van der Waals surface area contributed by atoms with Crippen LogP contribution in [0.2, 0.25) is 0 Å². The van der Waals surface area contributed by atoms with Crippen LogP contribution in [0.4, 0.5) is 17.1 Å². The van der Waals surface area contributed by atoms with E-state index in [9.17, 15) is 23.3 Å². The smallest absolute Gasteiger partial charge is 0.269 e. The highest BCUT2D eigenvalue weighted by molar-refractivity contribution is 7.92. The van der Waals surface area contributed by atoms with Crippen LogP contribution in [-0.4, -0.2) is 50.3 Å². The summed E-state index contributed by atoms with van der Waals surface area (Å²) >= 11 is 0. The van der Waals surface area contributed by atoms with E-state index in [1.54, 1.807) is 47.4 Å². The second-order valence-electron chi connectivity index (χ2n) is 7.55. The monoisotopic (exact) mass is 466 g/mol. The quantitative estimate of drug-likeness (QED) is 0.440. The maximum Gasteiger partial charge on any atom is 0.269 e. The molecule has 1 saturated heterocycles. The Morgan fingerprint density at radius 3 is 2.03 bits per heavy atom. The Morgan fingerprint density at radius 2 is 1.45 bits per heavy atom. The number of nitro benzene ring substituents is 1. The van der Waals surface area contributed by atoms with Gasteiger partial charge in [-0.25, -0.2) is 8.42 Å². The third kappa shape index (κ3) is 5.12. The number of nitrogens with zero attached hydrogens (tertiary/aromatic N) is 3. The number of piperazine rings is 1. The number of carbonyl (C=O) groups excluding carboxylic acids is 1. The number of hydrogen-bond donors (Lipinski definition) is 1. The molecule has 0 atom stereocenters. The van der Waals surface area contributed by atoms with Gasteiger partial charge in [-0.3, -0.25) is 19.6 Å². The first-order valence-electron chi connectivity index (χ1n) is 10.3. The van der Waals surface area contributed by atoms with Gasteiger partial charge in [-0.15, -0.1) is 0 Å². The summed E-state index contributed by atoms with van der Waals surface area (Å²) < 4.78 is 27.6. The lowest BCUT2D eigenvalue weighted by Gasteiger charge is -2.36. The van der Waals surface area contributed by atoms with Crippen molar-refractivity contribution in [3.05, 3.63) is 94.5 Å². The minimum atomic E-state index is -3.75. The van der Waals surface area contributed by atoms with Crippen LogP contribution in [0.1, 0.15) is 10.4 Å². The molecule has 0 saturated carbocycles. The fraction of sp³-hybridized carbons (Fsp3) is 0.174. The number of non-ortho nitro benzene ring substituents is 1. The van der Waals surface area contributed by atoms with Crippen molar-refractivity contribution in [2.24, 2.45) is 0 Å². The lowest BCUT2D eigenvalue weighted by atomic mass is 10.1. The molecule has 0 radical (unpaired) electrons. The van der Waals surface area contributed by atoms with E-state index in [0.29, 0.717) is 37.4 Å². The Bertz CT molecular complexity index is 1240. The molecule has 0 bridgehead atoms. The Labute approximate surface area is 191 Å². The van der Waals surface area contributed by atoms with E-state index >= 15 is 0 Å². The molecule has 1 heterocycles. The molecule has 1 aliphatic rings. The summed E-state index contributed by atoms with van der Waals surface area (Å²) in [4.78, 5) is 27.1. The van der Waals surface area contributed by atoms with Crippen LogP contribution in [0.3, 0.4) is 0 Å². The van der Waals surface area contributed by atoms with Gasteiger partial charge in [-0.05, 0) is 48.5 Å². The second kappa shape index (κ2) is 9.29. The third-order valence-corrected chi connectivity index (χ3v) is 6.83. The van der Waals surface area contributed by atoms with Gasteiger partial charge in [0.05, 0.1) is 9.82 Å². The zero-order valence-corrected chi connectivity index (χ0v) is 18.4. The van der Waals surface area contributed by atoms with Gasteiger partial charge >= 0.3 is 0 Å². The first-order chi connectivity index (χ1) is 15.8. The van der Waals surface area contributed by atoms with E-state index in [1.807, 2.05) is 0 Å². The van der Waals surface area contributed by atoms with Crippen LogP contribution in [-0.2, 0) is 10.0 Å². The van der Waals surface area contributed by atoms with Crippen LogP contribution in [0.15, 0.2) is 83.8 Å². The van der Waals surface area contributed by atoms with Gasteiger partial charge in [0.2, 0.25) is 0 Å². The third-order valence-electron chi connectivity index (χ3n) is 5.43. The first kappa shape index (κ1) is 22.3. The average Bonchev–Trinajstić information content (AvgIpc) is 2.84. The molecule has 1 amide bonds. The summed E-state index contributed by atoms with van der Waals surface area (Å²) in [5, 5.41) is 10.8. The number of sulfonamides is 1. The lowest BCUT2D eigenvalue weighted by molar-refractivity contribution is -0.384. The number of nitro groups is 1. The molecule has 33 heavy (non-hydrogen) atoms. The summed E-state index contributed by atoms with van der Waals surface area (Å²) in [6, 6.07) is 20.8. The second-order valence-corrected chi connectivity index (χ2v) is 9.23. The van der Waals surface area contributed by atoms with E-state index < -0.39 is 14.9 Å². The standard InChI is InChI=1S/C23H22N4O5S/c28-23(26-16-14-25(15-17-26)20-8-10-21(11-9-20)27(29)30)18-6-12-22(13-7-18)33(31,32)24-19-4-2-1-3-5-19/h1-13,24H,14-17H2. The maximum atomic E-state index is 12.9. The molecule has 0 aliphatic carbocycles. The summed E-state index contributed by atoms with van der Waals surface area (Å²) in [6.45, 7) is 2.17. The molecule has 10 heteroatoms. The van der Waals surface area contributed by atoms with E-state index in [1.165, 1.54) is 36.4 Å². The number of rotatable bonds is 6. The average molecular weight is 467 g/mol. The summed E-state index contributed by atoms with van der Waals surface area (Å²) in [5.74, 6) is -0.168. The van der Waals surface area contributed by atoms with Gasteiger partial charge in [-0.2, -0.15) is 0 Å². The highest BCUT2D eigenvalue weighted by Crippen LogP contribution is 2.22. The normalized spacial score (nSPS) is 14.1. The predicted octanol–water partition coefficient (Wildman–Crippen LogP) is 3.36. The number of hydrogen-bond acceptors (Lipinski definition) is 6. The fourth-order valence-corrected chi connectivity index (χ4v) is 4.69.